The SMILES string of the molecule is COc1cc2cc(c1Cl)NC(=O)C[C@H](OC(=O)[C@H](C)N(C)C(=O)CCSC1CC(=O)N(CCO)C1=O)[C@]1(C)O[C@H]1[C@H](C)[C@@H]1C[C@@](O)(NC(=O)O1)[C@H](OC)/C=C/C=C(\C)C2. The van der Waals surface area contributed by atoms with Crippen molar-refractivity contribution in [1.82, 2.24) is 15.1 Å². The summed E-state index contributed by atoms with van der Waals surface area (Å²) in [4.78, 5) is 80.7. The van der Waals surface area contributed by atoms with Crippen LogP contribution in [0.15, 0.2) is 35.9 Å². The molecule has 0 aliphatic carbocycles. The van der Waals surface area contributed by atoms with Crippen LogP contribution in [0.1, 0.15) is 58.9 Å². The van der Waals surface area contributed by atoms with E-state index in [1.54, 1.807) is 38.1 Å². The molecule has 4 bridgehead atoms. The first-order chi connectivity index (χ1) is 27.8. The zero-order chi connectivity index (χ0) is 43.4. The third-order valence-electron chi connectivity index (χ3n) is 11.3. The minimum absolute atomic E-state index is 0.0279. The predicted molar refractivity (Wildman–Crippen MR) is 215 cm³/mol. The number of ether oxygens (including phenoxy) is 5. The number of rotatable bonds is 11. The fraction of sp³-hybridized carbons (Fsp3) is 0.600. The van der Waals surface area contributed by atoms with E-state index in [1.807, 2.05) is 13.0 Å². The van der Waals surface area contributed by atoms with Crippen molar-refractivity contribution in [2.45, 2.75) is 107 Å². The normalized spacial score (nSPS) is 31.8. The lowest BCUT2D eigenvalue weighted by Gasteiger charge is -2.42. The average Bonchev–Trinajstić information content (AvgIpc) is 3.81. The summed E-state index contributed by atoms with van der Waals surface area (Å²) in [5, 5.41) is 25.7. The van der Waals surface area contributed by atoms with Crippen molar-refractivity contribution in [3.05, 3.63) is 46.5 Å². The predicted octanol–water partition coefficient (Wildman–Crippen LogP) is 2.73. The maximum Gasteiger partial charge on any atom is 0.409 e. The van der Waals surface area contributed by atoms with E-state index < -0.39 is 89.2 Å². The molecule has 4 heterocycles. The van der Waals surface area contributed by atoms with Crippen molar-refractivity contribution in [3.8, 4) is 5.75 Å². The molecule has 9 atom stereocenters. The van der Waals surface area contributed by atoms with Gasteiger partial charge < -0.3 is 44.1 Å². The van der Waals surface area contributed by atoms with E-state index in [1.165, 1.54) is 33.1 Å². The van der Waals surface area contributed by atoms with E-state index in [0.717, 1.165) is 27.8 Å². The van der Waals surface area contributed by atoms with Gasteiger partial charge in [-0.2, -0.15) is 0 Å². The smallest absolute Gasteiger partial charge is 0.409 e. The summed E-state index contributed by atoms with van der Waals surface area (Å²) in [5.41, 5.74) is -1.24. The van der Waals surface area contributed by atoms with Crippen molar-refractivity contribution >= 4 is 64.7 Å². The number of amides is 5. The van der Waals surface area contributed by atoms with Crippen LogP contribution >= 0.6 is 23.4 Å². The van der Waals surface area contributed by atoms with Crippen molar-refractivity contribution in [1.29, 1.82) is 0 Å². The van der Waals surface area contributed by atoms with Gasteiger partial charge in [-0.05, 0) is 44.9 Å². The van der Waals surface area contributed by atoms with Gasteiger partial charge in [-0.25, -0.2) is 9.59 Å². The first-order valence-electron chi connectivity index (χ1n) is 19.3. The van der Waals surface area contributed by atoms with Gasteiger partial charge in [0.1, 0.15) is 40.7 Å². The van der Waals surface area contributed by atoms with E-state index >= 15 is 0 Å². The number of halogens is 1. The summed E-state index contributed by atoms with van der Waals surface area (Å²) in [6, 6.07) is 2.34. The number of β-amino-alcohol motifs (C(OH)–C–C–N with tert-alkyl or cyclic N) is 1. The third-order valence-corrected chi connectivity index (χ3v) is 12.9. The molecule has 3 fully saturated rings. The molecule has 17 nitrogen and oxygen atoms in total. The number of aliphatic hydroxyl groups excluding tert-OH is 1. The minimum atomic E-state index is -1.87. The molecule has 0 radical (unpaired) electrons. The lowest BCUT2D eigenvalue weighted by Crippen LogP contribution is -2.63. The maximum atomic E-state index is 13.9. The molecule has 4 aliphatic rings. The van der Waals surface area contributed by atoms with E-state index in [-0.39, 0.29) is 54.8 Å². The van der Waals surface area contributed by atoms with E-state index in [9.17, 15) is 33.9 Å². The number of fused-ring (bicyclic) bond motifs is 5. The summed E-state index contributed by atoms with van der Waals surface area (Å²) in [6.07, 6.45) is 0.328. The molecule has 19 heteroatoms. The number of carbonyl (C=O) groups is 6. The number of carbonyl (C=O) groups excluding carboxylic acids is 6. The summed E-state index contributed by atoms with van der Waals surface area (Å²) >= 11 is 7.81. The number of nitrogens with one attached hydrogen (secondary N) is 2. The molecular formula is C40H53ClN4O13S. The standard InChI is InChI=1S/C40H53ClN4O13S/c1-21-9-8-10-29(55-7)40(53)20-27(56-38(52)43-40)22(2)35-39(4,58-35)30(19-31(47)42-25-16-24(15-21)17-26(54-6)34(25)41)57-37(51)23(3)44(5)32(48)11-14-59-28-18-33(49)45(12-13-46)36(28)50/h8-10,16-17,22-23,27-30,35,46,53H,11-15,18-20H2,1-7H3,(H,42,47)(H,43,52)/b10-8+,21-9+/t22-,23+,27+,28?,29-,30+,35+,39+,40+/m1/s1. The summed E-state index contributed by atoms with van der Waals surface area (Å²) < 4.78 is 29.0. The van der Waals surface area contributed by atoms with E-state index in [4.69, 9.17) is 40.4 Å². The Balaban J connectivity index is 1.38. The number of hydrogen-bond donors (Lipinski definition) is 4. The van der Waals surface area contributed by atoms with Gasteiger partial charge in [-0.1, -0.05) is 42.3 Å². The Morgan fingerprint density at radius 2 is 1.92 bits per heavy atom. The molecule has 324 valence electrons. The van der Waals surface area contributed by atoms with Crippen LogP contribution in [-0.2, 0) is 49.3 Å². The second-order valence-corrected chi connectivity index (χ2v) is 17.1. The number of alkyl carbamates (subject to hydrolysis) is 1. The van der Waals surface area contributed by atoms with Crippen LogP contribution in [0.5, 0.6) is 5.75 Å². The number of aliphatic hydroxyl groups is 2. The molecule has 59 heavy (non-hydrogen) atoms. The monoisotopic (exact) mass is 864 g/mol. The summed E-state index contributed by atoms with van der Waals surface area (Å²) in [5.74, 6) is -2.70. The van der Waals surface area contributed by atoms with Crippen LogP contribution in [0, 0.1) is 5.92 Å². The topological polar surface area (TPSA) is 223 Å². The molecule has 3 saturated heterocycles. The number of epoxide rings is 1. The van der Waals surface area contributed by atoms with Crippen LogP contribution in [0.25, 0.3) is 0 Å². The lowest BCUT2D eigenvalue weighted by molar-refractivity contribution is -0.161. The Hall–Kier alpha value is -4.20. The number of imide groups is 1. The maximum absolute atomic E-state index is 13.9. The fourth-order valence-corrected chi connectivity index (χ4v) is 8.94. The van der Waals surface area contributed by atoms with Gasteiger partial charge in [0.2, 0.25) is 23.6 Å². The van der Waals surface area contributed by atoms with Gasteiger partial charge in [0, 0.05) is 45.1 Å². The van der Waals surface area contributed by atoms with Crippen molar-refractivity contribution < 1.29 is 62.7 Å². The number of nitrogens with zero attached hydrogens (tertiary/aromatic N) is 2. The first-order valence-corrected chi connectivity index (χ1v) is 20.7. The Morgan fingerprint density at radius 3 is 2.59 bits per heavy atom. The zero-order valence-corrected chi connectivity index (χ0v) is 35.7. The Morgan fingerprint density at radius 1 is 1.19 bits per heavy atom. The number of likely N-dealkylation sites (N-methyl/N-ethyl adjacent to an activating group) is 1. The van der Waals surface area contributed by atoms with Crippen LogP contribution in [0.4, 0.5) is 10.5 Å². The van der Waals surface area contributed by atoms with Crippen molar-refractivity contribution in [2.24, 2.45) is 5.92 Å². The largest absolute Gasteiger partial charge is 0.495 e. The van der Waals surface area contributed by atoms with Crippen molar-refractivity contribution in [3.63, 3.8) is 0 Å². The molecular weight excluding hydrogens is 812 g/mol. The van der Waals surface area contributed by atoms with Gasteiger partial charge in [0.25, 0.3) is 0 Å². The number of likely N-dealkylation sites (tertiary alicyclic amines) is 1. The number of anilines is 1. The van der Waals surface area contributed by atoms with Gasteiger partial charge >= 0.3 is 12.1 Å². The lowest BCUT2D eigenvalue weighted by atomic mass is 9.83. The Kier molecular flexibility index (Phi) is 14.8. The van der Waals surface area contributed by atoms with Gasteiger partial charge in [0.05, 0.1) is 43.7 Å². The number of allylic oxidation sites excluding steroid dienone is 3. The summed E-state index contributed by atoms with van der Waals surface area (Å²) in [7, 11) is 4.29. The van der Waals surface area contributed by atoms with Gasteiger partial charge in [-0.3, -0.25) is 29.4 Å². The first kappa shape index (κ1) is 45.9. The average molecular weight is 865 g/mol. The molecule has 4 aliphatic heterocycles. The molecule has 0 aromatic heterocycles. The number of thioether (sulfide) groups is 1. The zero-order valence-electron chi connectivity index (χ0n) is 34.2. The second kappa shape index (κ2) is 19.0. The van der Waals surface area contributed by atoms with Crippen LogP contribution in [-0.4, -0.2) is 143 Å². The number of methoxy groups -OCH3 is 2. The van der Waals surface area contributed by atoms with Crippen molar-refractivity contribution in [2.75, 3.05) is 45.5 Å². The highest BCUT2D eigenvalue weighted by Gasteiger charge is 2.64. The molecule has 1 unspecified atom stereocenters. The molecule has 5 amide bonds. The molecule has 1 aromatic rings. The Labute approximate surface area is 352 Å². The van der Waals surface area contributed by atoms with E-state index in [2.05, 4.69) is 10.6 Å². The molecule has 1 aromatic carbocycles. The third kappa shape index (κ3) is 10.4. The highest BCUT2D eigenvalue weighted by Crippen LogP contribution is 2.49. The van der Waals surface area contributed by atoms with Gasteiger partial charge in [0.15, 0.2) is 5.72 Å². The molecule has 0 saturated carbocycles. The van der Waals surface area contributed by atoms with Gasteiger partial charge in [-0.15, -0.1) is 11.8 Å². The second-order valence-electron chi connectivity index (χ2n) is 15.4. The molecule has 4 N–H and O–H groups in total. The van der Waals surface area contributed by atoms with Crippen LogP contribution in [0.2, 0.25) is 5.02 Å². The summed E-state index contributed by atoms with van der Waals surface area (Å²) in [6.45, 7) is 6.36. The Bertz CT molecular complexity index is 1880. The quantitative estimate of drug-likeness (QED) is 0.143. The number of benzene rings is 1. The molecule has 5 rings (SSSR count). The van der Waals surface area contributed by atoms with Crippen LogP contribution in [0.3, 0.4) is 0 Å². The van der Waals surface area contributed by atoms with Crippen LogP contribution < -0.4 is 15.4 Å². The molecule has 0 spiro atoms. The van der Waals surface area contributed by atoms with E-state index in [0.29, 0.717) is 12.2 Å². The number of hydrogen-bond acceptors (Lipinski definition) is 14. The minimum Gasteiger partial charge on any atom is -0.495 e. The highest BCUT2D eigenvalue weighted by atomic mass is 35.5. The fourth-order valence-electron chi connectivity index (χ4n) is 7.60. The highest BCUT2D eigenvalue weighted by molar-refractivity contribution is 8.00. The number of esters is 1.